The predicted molar refractivity (Wildman–Crippen MR) is 120 cm³/mol. The maximum Gasteiger partial charge on any atom is 0.244 e. The highest BCUT2D eigenvalue weighted by Gasteiger charge is 2.36. The van der Waals surface area contributed by atoms with Crippen LogP contribution in [0.25, 0.3) is 0 Å². The molecule has 0 spiro atoms. The first-order chi connectivity index (χ1) is 15.5. The number of β-amino-alcohol motifs (C(OH)–C–C–N with tert-alkyl or cyclic N) is 1. The van der Waals surface area contributed by atoms with Gasteiger partial charge in [0, 0.05) is 19.3 Å². The van der Waals surface area contributed by atoms with Gasteiger partial charge in [0.05, 0.1) is 21.9 Å². The van der Waals surface area contributed by atoms with Crippen molar-refractivity contribution in [1.29, 1.82) is 0 Å². The van der Waals surface area contributed by atoms with E-state index in [0.717, 1.165) is 17.4 Å². The summed E-state index contributed by atoms with van der Waals surface area (Å²) in [5.74, 6) is -0.0836. The zero-order chi connectivity index (χ0) is 23.8. The van der Waals surface area contributed by atoms with Crippen LogP contribution in [-0.4, -0.2) is 55.9 Å². The van der Waals surface area contributed by atoms with Gasteiger partial charge in [-0.1, -0.05) is 35.0 Å². The van der Waals surface area contributed by atoms with Gasteiger partial charge in [0.25, 0.3) is 0 Å². The second kappa shape index (κ2) is 8.98. The predicted octanol–water partition coefficient (Wildman–Crippen LogP) is 2.06. The monoisotopic (exact) mass is 491 g/mol. The third kappa shape index (κ3) is 5.49. The molecule has 0 aliphatic carbocycles. The summed E-state index contributed by atoms with van der Waals surface area (Å²) in [6.07, 6.45) is 0.923. The summed E-state index contributed by atoms with van der Waals surface area (Å²) >= 11 is 0. The Balaban J connectivity index is 1.49. The Morgan fingerprint density at radius 2 is 1.67 bits per heavy atom. The maximum atomic E-state index is 12.7. The summed E-state index contributed by atoms with van der Waals surface area (Å²) in [5.41, 5.74) is 1.82. The summed E-state index contributed by atoms with van der Waals surface area (Å²) in [6, 6.07) is 12.7. The minimum Gasteiger partial charge on any atom is -0.392 e. The lowest BCUT2D eigenvalue weighted by Crippen LogP contribution is -2.24. The number of benzene rings is 2. The van der Waals surface area contributed by atoms with Crippen molar-refractivity contribution >= 4 is 19.7 Å². The normalized spacial score (nSPS) is 19.7. The van der Waals surface area contributed by atoms with Gasteiger partial charge in [0.2, 0.25) is 5.89 Å². The molecule has 4 rings (SSSR count). The van der Waals surface area contributed by atoms with Crippen LogP contribution in [-0.2, 0) is 32.0 Å². The molecule has 3 aromatic rings. The standard InChI is InChI=1S/C22H25N3O6S2/c1-15-3-7-19(8-4-15)33(29,30)14-21-23-22(31-24-21)20-11-17(26)13-25(20)12-16-5-9-18(10-6-16)32(2,27)28/h3-10,17,20,26H,11-14H2,1-2H3/t17-,20-/m1/s1. The average Bonchev–Trinajstić information content (AvgIpc) is 3.33. The molecule has 1 N–H and O–H groups in total. The van der Waals surface area contributed by atoms with Crippen LogP contribution in [0.2, 0.25) is 0 Å². The summed E-state index contributed by atoms with van der Waals surface area (Å²) < 4.78 is 54.1. The molecule has 2 aromatic carbocycles. The topological polar surface area (TPSA) is 131 Å². The van der Waals surface area contributed by atoms with Crippen molar-refractivity contribution in [1.82, 2.24) is 15.0 Å². The van der Waals surface area contributed by atoms with E-state index in [4.69, 9.17) is 4.52 Å². The highest BCUT2D eigenvalue weighted by atomic mass is 32.2. The van der Waals surface area contributed by atoms with E-state index >= 15 is 0 Å². The van der Waals surface area contributed by atoms with Crippen molar-refractivity contribution in [3.05, 3.63) is 71.4 Å². The molecular weight excluding hydrogens is 466 g/mol. The molecule has 2 atom stereocenters. The smallest absolute Gasteiger partial charge is 0.244 e. The Labute approximate surface area is 192 Å². The minimum absolute atomic E-state index is 0.0596. The average molecular weight is 492 g/mol. The fraction of sp³-hybridized carbons (Fsp3) is 0.364. The number of rotatable bonds is 7. The molecule has 1 aliphatic heterocycles. The zero-order valence-electron chi connectivity index (χ0n) is 18.2. The molecule has 176 valence electrons. The number of aryl methyl sites for hydroxylation is 1. The lowest BCUT2D eigenvalue weighted by atomic mass is 10.1. The first-order valence-corrected chi connectivity index (χ1v) is 13.9. The van der Waals surface area contributed by atoms with E-state index in [-0.39, 0.29) is 33.3 Å². The van der Waals surface area contributed by atoms with Gasteiger partial charge in [0.1, 0.15) is 5.75 Å². The van der Waals surface area contributed by atoms with Crippen LogP contribution in [0.5, 0.6) is 0 Å². The maximum absolute atomic E-state index is 12.7. The number of likely N-dealkylation sites (tertiary alicyclic amines) is 1. The fourth-order valence-corrected chi connectivity index (χ4v) is 5.65. The number of sulfone groups is 2. The quantitative estimate of drug-likeness (QED) is 0.527. The van der Waals surface area contributed by atoms with Gasteiger partial charge in [-0.25, -0.2) is 16.8 Å². The molecular formula is C22H25N3O6S2. The van der Waals surface area contributed by atoms with E-state index in [9.17, 15) is 21.9 Å². The van der Waals surface area contributed by atoms with Crippen LogP contribution in [0, 0.1) is 6.92 Å². The van der Waals surface area contributed by atoms with Gasteiger partial charge in [0.15, 0.2) is 25.5 Å². The molecule has 11 heteroatoms. The SMILES string of the molecule is Cc1ccc(S(=O)(=O)Cc2noc([C@H]3C[C@@H](O)CN3Cc3ccc(S(C)(=O)=O)cc3)n2)cc1. The van der Waals surface area contributed by atoms with Gasteiger partial charge in [-0.3, -0.25) is 4.90 Å². The molecule has 1 saturated heterocycles. The van der Waals surface area contributed by atoms with Crippen molar-refractivity contribution < 1.29 is 26.5 Å². The first-order valence-electron chi connectivity index (χ1n) is 10.3. The van der Waals surface area contributed by atoms with Crippen LogP contribution in [0.15, 0.2) is 62.8 Å². The highest BCUT2D eigenvalue weighted by molar-refractivity contribution is 7.91. The van der Waals surface area contributed by atoms with Crippen LogP contribution in [0.1, 0.15) is 35.3 Å². The second-order valence-corrected chi connectivity index (χ2v) is 12.4. The van der Waals surface area contributed by atoms with E-state index in [0.29, 0.717) is 19.5 Å². The molecule has 33 heavy (non-hydrogen) atoms. The highest BCUT2D eigenvalue weighted by Crippen LogP contribution is 2.33. The van der Waals surface area contributed by atoms with Crippen molar-refractivity contribution in [3.63, 3.8) is 0 Å². The van der Waals surface area contributed by atoms with Crippen molar-refractivity contribution in [3.8, 4) is 0 Å². The van der Waals surface area contributed by atoms with Gasteiger partial charge in [-0.2, -0.15) is 4.98 Å². The third-order valence-electron chi connectivity index (χ3n) is 5.59. The Hall–Kier alpha value is -2.60. The molecule has 0 saturated carbocycles. The number of nitrogens with zero attached hydrogens (tertiary/aromatic N) is 3. The van der Waals surface area contributed by atoms with Gasteiger partial charge in [-0.15, -0.1) is 0 Å². The van der Waals surface area contributed by atoms with Crippen LogP contribution in [0.3, 0.4) is 0 Å². The van der Waals surface area contributed by atoms with Gasteiger partial charge >= 0.3 is 0 Å². The van der Waals surface area contributed by atoms with Crippen molar-refractivity contribution in [2.45, 2.75) is 47.6 Å². The lowest BCUT2D eigenvalue weighted by Gasteiger charge is -2.21. The Morgan fingerprint density at radius 3 is 2.30 bits per heavy atom. The Morgan fingerprint density at radius 1 is 1.03 bits per heavy atom. The number of aromatic nitrogens is 2. The van der Waals surface area contributed by atoms with E-state index in [1.165, 1.54) is 0 Å². The van der Waals surface area contributed by atoms with E-state index < -0.39 is 25.8 Å². The molecule has 1 fully saturated rings. The molecule has 2 heterocycles. The molecule has 0 unspecified atom stereocenters. The number of hydrogen-bond donors (Lipinski definition) is 1. The summed E-state index contributed by atoms with van der Waals surface area (Å²) in [7, 11) is -6.91. The Kier molecular flexibility index (Phi) is 6.41. The zero-order valence-corrected chi connectivity index (χ0v) is 19.9. The molecule has 0 radical (unpaired) electrons. The van der Waals surface area contributed by atoms with E-state index in [1.54, 1.807) is 48.5 Å². The summed E-state index contributed by atoms with van der Waals surface area (Å²) in [4.78, 5) is 6.68. The summed E-state index contributed by atoms with van der Waals surface area (Å²) in [6.45, 7) is 2.69. The molecule has 1 aromatic heterocycles. The van der Waals surface area contributed by atoms with Gasteiger partial charge in [-0.05, 0) is 43.2 Å². The number of aliphatic hydroxyl groups excluding tert-OH is 1. The van der Waals surface area contributed by atoms with Crippen LogP contribution in [0.4, 0.5) is 0 Å². The number of hydrogen-bond acceptors (Lipinski definition) is 9. The molecule has 0 bridgehead atoms. The summed E-state index contributed by atoms with van der Waals surface area (Å²) in [5, 5.41) is 14.1. The molecule has 1 aliphatic rings. The fourth-order valence-electron chi connectivity index (χ4n) is 3.85. The van der Waals surface area contributed by atoms with Crippen molar-refractivity contribution in [2.75, 3.05) is 12.8 Å². The second-order valence-electron chi connectivity index (χ2n) is 8.37. The van der Waals surface area contributed by atoms with Gasteiger partial charge < -0.3 is 9.63 Å². The van der Waals surface area contributed by atoms with Crippen molar-refractivity contribution in [2.24, 2.45) is 0 Å². The minimum atomic E-state index is -3.63. The lowest BCUT2D eigenvalue weighted by molar-refractivity contribution is 0.169. The third-order valence-corrected chi connectivity index (χ3v) is 8.34. The largest absolute Gasteiger partial charge is 0.392 e. The molecule has 9 nitrogen and oxygen atoms in total. The molecule has 0 amide bonds. The van der Waals surface area contributed by atoms with E-state index in [1.807, 2.05) is 11.8 Å². The van der Waals surface area contributed by atoms with Crippen LogP contribution >= 0.6 is 0 Å². The Bertz CT molecular complexity index is 1330. The van der Waals surface area contributed by atoms with E-state index in [2.05, 4.69) is 10.1 Å². The first kappa shape index (κ1) is 23.6. The van der Waals surface area contributed by atoms with Crippen LogP contribution < -0.4 is 0 Å². The number of aliphatic hydroxyl groups is 1.